The minimum Gasteiger partial charge on any atom is -0.338 e. The van der Waals surface area contributed by atoms with Crippen LogP contribution in [-0.2, 0) is 0 Å². The van der Waals surface area contributed by atoms with Gasteiger partial charge in [-0.15, -0.1) is 0 Å². The number of urea groups is 1. The van der Waals surface area contributed by atoms with Gasteiger partial charge >= 0.3 is 6.03 Å². The van der Waals surface area contributed by atoms with Crippen molar-refractivity contribution in [2.45, 2.75) is 19.3 Å². The van der Waals surface area contributed by atoms with Crippen LogP contribution in [0.5, 0.6) is 0 Å². The van der Waals surface area contributed by atoms with E-state index in [1.807, 2.05) is 24.3 Å². The van der Waals surface area contributed by atoms with Gasteiger partial charge in [-0.05, 0) is 55.2 Å². The molecular formula is C18H21N5O. The second-order valence-electron chi connectivity index (χ2n) is 6.60. The molecule has 1 fully saturated rings. The number of rotatable bonds is 5. The predicted octanol–water partition coefficient (Wildman–Crippen LogP) is 2.99. The van der Waals surface area contributed by atoms with Crippen LogP contribution in [0.3, 0.4) is 0 Å². The molecule has 3 atom stereocenters. The minimum atomic E-state index is -0.163. The van der Waals surface area contributed by atoms with Gasteiger partial charge < -0.3 is 10.6 Å². The fraction of sp³-hybridized carbons (Fsp3) is 0.389. The van der Waals surface area contributed by atoms with E-state index in [0.29, 0.717) is 0 Å². The van der Waals surface area contributed by atoms with E-state index in [-0.39, 0.29) is 6.03 Å². The van der Waals surface area contributed by atoms with Gasteiger partial charge in [-0.3, -0.25) is 0 Å². The highest BCUT2D eigenvalue weighted by Gasteiger charge is 2.34. The molecule has 1 aromatic heterocycles. The van der Waals surface area contributed by atoms with Crippen molar-refractivity contribution in [3.05, 3.63) is 49.1 Å². The Bertz CT molecular complexity index is 740. The average molecular weight is 323 g/mol. The fourth-order valence-corrected chi connectivity index (χ4v) is 3.84. The van der Waals surface area contributed by atoms with Gasteiger partial charge in [0.15, 0.2) is 0 Å². The molecule has 1 heterocycles. The molecule has 2 amide bonds. The first kappa shape index (κ1) is 14.9. The Morgan fingerprint density at radius 1 is 1.29 bits per heavy atom. The number of nitrogens with zero attached hydrogens (tertiary/aromatic N) is 3. The standard InChI is InChI=1S/C18H21N5O/c24-18(20-7-6-15-9-13-4-5-14(15)8-13)22-16-2-1-3-17(10-16)23-12-19-11-21-23/h1-5,10-15H,6-9H2,(H2,20,22,24). The Balaban J connectivity index is 1.27. The molecule has 0 saturated heterocycles. The Hall–Kier alpha value is -2.63. The quantitative estimate of drug-likeness (QED) is 0.831. The molecule has 0 radical (unpaired) electrons. The Labute approximate surface area is 141 Å². The molecule has 2 aliphatic rings. The van der Waals surface area contributed by atoms with Gasteiger partial charge in [0.2, 0.25) is 0 Å². The lowest BCUT2D eigenvalue weighted by Crippen LogP contribution is -2.31. The number of amides is 2. The number of carbonyl (C=O) groups is 1. The second kappa shape index (κ2) is 6.47. The first-order valence-electron chi connectivity index (χ1n) is 8.46. The van der Waals surface area contributed by atoms with Crippen LogP contribution in [-0.4, -0.2) is 27.3 Å². The maximum atomic E-state index is 12.1. The number of benzene rings is 1. The lowest BCUT2D eigenvalue weighted by atomic mass is 9.91. The molecule has 6 nitrogen and oxygen atoms in total. The first-order chi connectivity index (χ1) is 11.8. The van der Waals surface area contributed by atoms with Crippen molar-refractivity contribution < 1.29 is 4.79 Å². The summed E-state index contributed by atoms with van der Waals surface area (Å²) in [6, 6.07) is 7.37. The third-order valence-electron chi connectivity index (χ3n) is 5.00. The van der Waals surface area contributed by atoms with Crippen molar-refractivity contribution in [1.82, 2.24) is 20.1 Å². The summed E-state index contributed by atoms with van der Waals surface area (Å²) in [4.78, 5) is 16.0. The number of anilines is 1. The third-order valence-corrected chi connectivity index (χ3v) is 5.00. The van der Waals surface area contributed by atoms with Crippen LogP contribution in [0, 0.1) is 17.8 Å². The highest BCUT2D eigenvalue weighted by atomic mass is 16.2. The summed E-state index contributed by atoms with van der Waals surface area (Å²) < 4.78 is 1.66. The molecule has 2 aromatic rings. The van der Waals surface area contributed by atoms with Crippen molar-refractivity contribution >= 4 is 11.7 Å². The smallest absolute Gasteiger partial charge is 0.319 e. The SMILES string of the molecule is O=C(NCCC1CC2C=CC1C2)Nc1cccc(-n2cncn2)c1. The summed E-state index contributed by atoms with van der Waals surface area (Å²) in [6.45, 7) is 0.719. The van der Waals surface area contributed by atoms with E-state index in [1.165, 1.54) is 19.2 Å². The molecule has 6 heteroatoms. The van der Waals surface area contributed by atoms with Gasteiger partial charge in [0.1, 0.15) is 12.7 Å². The zero-order chi connectivity index (χ0) is 16.4. The van der Waals surface area contributed by atoms with Crippen molar-refractivity contribution in [1.29, 1.82) is 0 Å². The summed E-state index contributed by atoms with van der Waals surface area (Å²) in [7, 11) is 0. The minimum absolute atomic E-state index is 0.163. The van der Waals surface area contributed by atoms with Crippen molar-refractivity contribution in [3.63, 3.8) is 0 Å². The molecule has 24 heavy (non-hydrogen) atoms. The summed E-state index contributed by atoms with van der Waals surface area (Å²) >= 11 is 0. The largest absolute Gasteiger partial charge is 0.338 e. The molecule has 4 rings (SSSR count). The number of aromatic nitrogens is 3. The van der Waals surface area contributed by atoms with Gasteiger partial charge in [-0.25, -0.2) is 14.5 Å². The molecule has 1 aromatic carbocycles. The van der Waals surface area contributed by atoms with Gasteiger partial charge in [0, 0.05) is 12.2 Å². The van der Waals surface area contributed by atoms with Crippen LogP contribution >= 0.6 is 0 Å². The van der Waals surface area contributed by atoms with Crippen LogP contribution in [0.25, 0.3) is 5.69 Å². The fourth-order valence-electron chi connectivity index (χ4n) is 3.84. The van der Waals surface area contributed by atoms with Crippen LogP contribution in [0.4, 0.5) is 10.5 Å². The van der Waals surface area contributed by atoms with Crippen molar-refractivity contribution in [3.8, 4) is 5.69 Å². The van der Waals surface area contributed by atoms with E-state index in [1.54, 1.807) is 11.0 Å². The molecule has 2 aliphatic carbocycles. The zero-order valence-corrected chi connectivity index (χ0v) is 13.4. The third kappa shape index (κ3) is 3.18. The Kier molecular flexibility index (Phi) is 4.02. The van der Waals surface area contributed by atoms with E-state index in [0.717, 1.165) is 42.1 Å². The maximum absolute atomic E-state index is 12.1. The van der Waals surface area contributed by atoms with Crippen LogP contribution in [0.2, 0.25) is 0 Å². The molecule has 0 spiro atoms. The summed E-state index contributed by atoms with van der Waals surface area (Å²) in [5.41, 5.74) is 1.60. The first-order valence-corrected chi connectivity index (χ1v) is 8.46. The second-order valence-corrected chi connectivity index (χ2v) is 6.60. The molecule has 124 valence electrons. The molecule has 2 N–H and O–H groups in total. The lowest BCUT2D eigenvalue weighted by molar-refractivity contribution is 0.250. The monoisotopic (exact) mass is 323 g/mol. The van der Waals surface area contributed by atoms with E-state index in [4.69, 9.17) is 0 Å². The summed E-state index contributed by atoms with van der Waals surface area (Å²) in [6.07, 6.45) is 11.5. The van der Waals surface area contributed by atoms with Crippen LogP contribution in [0.1, 0.15) is 19.3 Å². The van der Waals surface area contributed by atoms with Crippen LogP contribution in [0.15, 0.2) is 49.1 Å². The number of nitrogens with one attached hydrogen (secondary N) is 2. The number of hydrogen-bond donors (Lipinski definition) is 2. The Morgan fingerprint density at radius 3 is 3.00 bits per heavy atom. The van der Waals surface area contributed by atoms with Gasteiger partial charge in [-0.2, -0.15) is 5.10 Å². The highest BCUT2D eigenvalue weighted by molar-refractivity contribution is 5.89. The Morgan fingerprint density at radius 2 is 2.25 bits per heavy atom. The number of hydrogen-bond acceptors (Lipinski definition) is 3. The molecule has 2 bridgehead atoms. The number of fused-ring (bicyclic) bond motifs is 2. The average Bonchev–Trinajstić information content (AvgIpc) is 3.33. The van der Waals surface area contributed by atoms with Crippen LogP contribution < -0.4 is 10.6 Å². The zero-order valence-electron chi connectivity index (χ0n) is 13.4. The molecular weight excluding hydrogens is 302 g/mol. The topological polar surface area (TPSA) is 71.8 Å². The molecule has 3 unspecified atom stereocenters. The van der Waals surface area contributed by atoms with E-state index in [2.05, 4.69) is 32.9 Å². The predicted molar refractivity (Wildman–Crippen MR) is 91.8 cm³/mol. The van der Waals surface area contributed by atoms with Gasteiger partial charge in [0.05, 0.1) is 5.69 Å². The summed E-state index contributed by atoms with van der Waals surface area (Å²) in [5, 5.41) is 9.93. The number of allylic oxidation sites excluding steroid dienone is 2. The van der Waals surface area contributed by atoms with Crippen molar-refractivity contribution in [2.75, 3.05) is 11.9 Å². The van der Waals surface area contributed by atoms with E-state index in [9.17, 15) is 4.79 Å². The highest BCUT2D eigenvalue weighted by Crippen LogP contribution is 2.44. The maximum Gasteiger partial charge on any atom is 0.319 e. The van der Waals surface area contributed by atoms with Crippen molar-refractivity contribution in [2.24, 2.45) is 17.8 Å². The lowest BCUT2D eigenvalue weighted by Gasteiger charge is -2.18. The molecule has 0 aliphatic heterocycles. The van der Waals surface area contributed by atoms with E-state index < -0.39 is 0 Å². The van der Waals surface area contributed by atoms with Gasteiger partial charge in [-0.1, -0.05) is 18.2 Å². The normalized spacial score (nSPS) is 24.2. The van der Waals surface area contributed by atoms with Gasteiger partial charge in [0.25, 0.3) is 0 Å². The van der Waals surface area contributed by atoms with E-state index >= 15 is 0 Å². The summed E-state index contributed by atoms with van der Waals surface area (Å²) in [5.74, 6) is 2.25. The molecule has 1 saturated carbocycles. The number of carbonyl (C=O) groups excluding carboxylic acids is 1.